The van der Waals surface area contributed by atoms with E-state index in [1.807, 2.05) is 0 Å². The molecule has 3 rings (SSSR count). The summed E-state index contributed by atoms with van der Waals surface area (Å²) < 4.78 is 0. The fourth-order valence-electron chi connectivity index (χ4n) is 4.84. The van der Waals surface area contributed by atoms with Crippen molar-refractivity contribution >= 4 is 35.8 Å². The SMILES string of the molecule is C[C@H](NC(=O)CNC(=O)[C@@H]1CCCN1)C(=O)N1CCC[C@H]1C(=O)N1CCC[C@H]1C(=O)NCC=O. The molecule has 5 amide bonds. The number of nitrogens with one attached hydrogen (secondary N) is 4. The number of likely N-dealkylation sites (tertiary alicyclic amines) is 2. The van der Waals surface area contributed by atoms with Crippen LogP contribution < -0.4 is 21.3 Å². The van der Waals surface area contributed by atoms with Gasteiger partial charge < -0.3 is 35.9 Å². The van der Waals surface area contributed by atoms with Crippen LogP contribution in [0.15, 0.2) is 0 Å². The van der Waals surface area contributed by atoms with Gasteiger partial charge in [-0.15, -0.1) is 0 Å². The lowest BCUT2D eigenvalue weighted by atomic mass is 10.1. The molecule has 0 radical (unpaired) electrons. The van der Waals surface area contributed by atoms with Crippen LogP contribution in [0.25, 0.3) is 0 Å². The lowest BCUT2D eigenvalue weighted by Crippen LogP contribution is -2.56. The first-order chi connectivity index (χ1) is 16.3. The molecule has 3 fully saturated rings. The summed E-state index contributed by atoms with van der Waals surface area (Å²) in [4.78, 5) is 76.4. The van der Waals surface area contributed by atoms with Crippen LogP contribution in [-0.4, -0.2) is 103 Å². The highest BCUT2D eigenvalue weighted by Gasteiger charge is 2.42. The third kappa shape index (κ3) is 6.10. The maximum atomic E-state index is 13.2. The maximum absolute atomic E-state index is 13.2. The van der Waals surface area contributed by atoms with Gasteiger partial charge in [-0.3, -0.25) is 24.0 Å². The Hall–Kier alpha value is -3.02. The van der Waals surface area contributed by atoms with E-state index in [1.165, 1.54) is 9.80 Å². The fraction of sp³-hybridized carbons (Fsp3) is 0.727. The highest BCUT2D eigenvalue weighted by molar-refractivity contribution is 5.95. The molecule has 12 nitrogen and oxygen atoms in total. The molecule has 12 heteroatoms. The average molecular weight is 479 g/mol. The quantitative estimate of drug-likeness (QED) is 0.270. The van der Waals surface area contributed by atoms with Gasteiger partial charge in [0.2, 0.25) is 29.5 Å². The van der Waals surface area contributed by atoms with E-state index >= 15 is 0 Å². The largest absolute Gasteiger partial charge is 0.348 e. The number of hydrogen-bond donors (Lipinski definition) is 4. The van der Waals surface area contributed by atoms with Crippen molar-refractivity contribution in [3.63, 3.8) is 0 Å². The van der Waals surface area contributed by atoms with Crippen molar-refractivity contribution in [3.05, 3.63) is 0 Å². The normalized spacial score (nSPS) is 25.0. The van der Waals surface area contributed by atoms with Gasteiger partial charge in [-0.25, -0.2) is 0 Å². The molecule has 0 aromatic heterocycles. The fourth-order valence-corrected chi connectivity index (χ4v) is 4.84. The van der Waals surface area contributed by atoms with Gasteiger partial charge in [0, 0.05) is 13.1 Å². The molecule has 3 aliphatic rings. The minimum absolute atomic E-state index is 0.111. The molecule has 3 saturated heterocycles. The number of carbonyl (C=O) groups is 6. The van der Waals surface area contributed by atoms with Crippen LogP contribution >= 0.6 is 0 Å². The third-order valence-electron chi connectivity index (χ3n) is 6.57. The Balaban J connectivity index is 1.52. The van der Waals surface area contributed by atoms with Gasteiger partial charge in [0.15, 0.2) is 0 Å². The van der Waals surface area contributed by atoms with Crippen molar-refractivity contribution in [2.24, 2.45) is 0 Å². The molecule has 34 heavy (non-hydrogen) atoms. The van der Waals surface area contributed by atoms with E-state index in [-0.39, 0.29) is 42.8 Å². The van der Waals surface area contributed by atoms with Gasteiger partial charge in [-0.1, -0.05) is 0 Å². The molecule has 4 N–H and O–H groups in total. The molecular weight excluding hydrogens is 444 g/mol. The highest BCUT2D eigenvalue weighted by atomic mass is 16.2. The zero-order valence-corrected chi connectivity index (χ0v) is 19.5. The number of nitrogens with zero attached hydrogens (tertiary/aromatic N) is 2. The monoisotopic (exact) mass is 478 g/mol. The van der Waals surface area contributed by atoms with E-state index in [0.29, 0.717) is 45.1 Å². The standard InChI is InChI=1S/C22H34N6O6/c1-14(26-18(30)13-25-19(31)15-5-2-8-23-15)21(33)28-11-4-7-17(28)22(34)27-10-3-6-16(27)20(32)24-9-12-29/h12,14-17,23H,2-11,13H2,1H3,(H,24,32)(H,25,31)(H,26,30)/t14-,15-,16-,17-/m0/s1. The number of aldehydes is 1. The maximum Gasteiger partial charge on any atom is 0.246 e. The molecule has 0 aromatic rings. The van der Waals surface area contributed by atoms with Crippen LogP contribution in [0.3, 0.4) is 0 Å². The topological polar surface area (TPSA) is 157 Å². The Morgan fingerprint density at radius 1 is 0.941 bits per heavy atom. The minimum atomic E-state index is -0.868. The van der Waals surface area contributed by atoms with Crippen molar-refractivity contribution in [1.29, 1.82) is 0 Å². The Bertz CT molecular complexity index is 814. The first kappa shape index (κ1) is 25.6. The van der Waals surface area contributed by atoms with Crippen molar-refractivity contribution in [2.45, 2.75) is 69.6 Å². The summed E-state index contributed by atoms with van der Waals surface area (Å²) in [6.07, 6.45) is 4.52. The van der Waals surface area contributed by atoms with E-state index in [0.717, 1.165) is 19.4 Å². The van der Waals surface area contributed by atoms with Crippen LogP contribution in [0.4, 0.5) is 0 Å². The van der Waals surface area contributed by atoms with Gasteiger partial charge in [0.25, 0.3) is 0 Å². The second-order valence-electron chi connectivity index (χ2n) is 8.95. The molecule has 0 spiro atoms. The first-order valence-electron chi connectivity index (χ1n) is 12.0. The van der Waals surface area contributed by atoms with Crippen molar-refractivity contribution < 1.29 is 28.8 Å². The zero-order chi connectivity index (χ0) is 24.7. The predicted octanol–water partition coefficient (Wildman–Crippen LogP) is -2.34. The summed E-state index contributed by atoms with van der Waals surface area (Å²) in [5, 5.41) is 10.7. The van der Waals surface area contributed by atoms with Gasteiger partial charge in [-0.05, 0) is 52.0 Å². The van der Waals surface area contributed by atoms with Gasteiger partial charge >= 0.3 is 0 Å². The van der Waals surface area contributed by atoms with Gasteiger partial charge in [-0.2, -0.15) is 0 Å². The number of carbonyl (C=O) groups excluding carboxylic acids is 6. The van der Waals surface area contributed by atoms with E-state index < -0.39 is 24.0 Å². The Labute approximate surface area is 198 Å². The van der Waals surface area contributed by atoms with Crippen molar-refractivity contribution in [3.8, 4) is 0 Å². The third-order valence-corrected chi connectivity index (χ3v) is 6.57. The predicted molar refractivity (Wildman–Crippen MR) is 120 cm³/mol. The summed E-state index contributed by atoms with van der Waals surface area (Å²) in [6, 6.07) is -2.51. The molecule has 0 bridgehead atoms. The minimum Gasteiger partial charge on any atom is -0.348 e. The van der Waals surface area contributed by atoms with Gasteiger partial charge in [0.05, 0.1) is 19.1 Å². The summed E-state index contributed by atoms with van der Waals surface area (Å²) in [6.45, 7) is 2.77. The molecule has 0 unspecified atom stereocenters. The molecule has 0 aliphatic carbocycles. The second kappa shape index (κ2) is 11.9. The first-order valence-corrected chi connectivity index (χ1v) is 12.0. The molecule has 4 atom stereocenters. The van der Waals surface area contributed by atoms with E-state index in [2.05, 4.69) is 21.3 Å². The zero-order valence-electron chi connectivity index (χ0n) is 19.5. The molecule has 0 saturated carbocycles. The highest BCUT2D eigenvalue weighted by Crippen LogP contribution is 2.25. The second-order valence-corrected chi connectivity index (χ2v) is 8.95. The summed E-state index contributed by atoms with van der Waals surface area (Å²) >= 11 is 0. The van der Waals surface area contributed by atoms with Crippen LogP contribution in [0.2, 0.25) is 0 Å². The van der Waals surface area contributed by atoms with Gasteiger partial charge in [0.1, 0.15) is 24.4 Å². The average Bonchev–Trinajstić information content (AvgIpc) is 3.61. The van der Waals surface area contributed by atoms with E-state index in [1.54, 1.807) is 6.92 Å². The van der Waals surface area contributed by atoms with Crippen LogP contribution in [0, 0.1) is 0 Å². The lowest BCUT2D eigenvalue weighted by Gasteiger charge is -2.32. The lowest BCUT2D eigenvalue weighted by molar-refractivity contribution is -0.147. The van der Waals surface area contributed by atoms with Crippen LogP contribution in [0.1, 0.15) is 45.4 Å². The molecular formula is C22H34N6O6. The molecule has 3 heterocycles. The number of rotatable bonds is 9. The van der Waals surface area contributed by atoms with E-state index in [4.69, 9.17) is 0 Å². The number of hydrogen-bond acceptors (Lipinski definition) is 7. The summed E-state index contributed by atoms with van der Waals surface area (Å²) in [5.41, 5.74) is 0. The molecule has 0 aromatic carbocycles. The summed E-state index contributed by atoms with van der Waals surface area (Å²) in [7, 11) is 0. The van der Waals surface area contributed by atoms with Crippen LogP contribution in [-0.2, 0) is 28.8 Å². The Morgan fingerprint density at radius 2 is 1.65 bits per heavy atom. The summed E-state index contributed by atoms with van der Waals surface area (Å²) in [5.74, 6) is -1.77. The molecule has 3 aliphatic heterocycles. The van der Waals surface area contributed by atoms with Crippen molar-refractivity contribution in [1.82, 2.24) is 31.1 Å². The van der Waals surface area contributed by atoms with Crippen LogP contribution in [0.5, 0.6) is 0 Å². The smallest absolute Gasteiger partial charge is 0.246 e. The van der Waals surface area contributed by atoms with Crippen molar-refractivity contribution in [2.75, 3.05) is 32.7 Å². The number of amides is 5. The van der Waals surface area contributed by atoms with E-state index in [9.17, 15) is 28.8 Å². The molecule has 188 valence electrons. The Morgan fingerprint density at radius 3 is 2.32 bits per heavy atom. The Kier molecular flexibility index (Phi) is 8.97.